The van der Waals surface area contributed by atoms with Gasteiger partial charge in [-0.3, -0.25) is 0 Å². The molecule has 0 fully saturated rings. The van der Waals surface area contributed by atoms with E-state index in [1.54, 1.807) is 11.3 Å². The van der Waals surface area contributed by atoms with E-state index in [-0.39, 0.29) is 10.8 Å². The van der Waals surface area contributed by atoms with Crippen LogP contribution in [-0.2, 0) is 17.4 Å². The molecule has 178 valence electrons. The second-order valence-corrected chi connectivity index (χ2v) is 11.9. The van der Waals surface area contributed by atoms with Gasteiger partial charge in [0.1, 0.15) is 5.75 Å². The third-order valence-electron chi connectivity index (χ3n) is 5.79. The fourth-order valence-electron chi connectivity index (χ4n) is 3.95. The molecule has 33 heavy (non-hydrogen) atoms. The molecule has 0 atom stereocenters. The maximum absolute atomic E-state index is 11.2. The number of rotatable bonds is 6. The first kappa shape index (κ1) is 25.3. The van der Waals surface area contributed by atoms with Crippen LogP contribution in [0.4, 0.5) is 5.69 Å². The Kier molecular flexibility index (Phi) is 7.55. The zero-order valence-corrected chi connectivity index (χ0v) is 22.3. The number of phenols is 1. The summed E-state index contributed by atoms with van der Waals surface area (Å²) < 4.78 is 2.34. The van der Waals surface area contributed by atoms with Gasteiger partial charge in [-0.1, -0.05) is 59.7 Å². The molecule has 5 heteroatoms. The van der Waals surface area contributed by atoms with Gasteiger partial charge in [0.15, 0.2) is 4.80 Å². The van der Waals surface area contributed by atoms with Gasteiger partial charge in [0, 0.05) is 23.1 Å². The fraction of sp³-hybridized carbons (Fsp3) is 0.464. The fourth-order valence-corrected chi connectivity index (χ4v) is 4.90. The van der Waals surface area contributed by atoms with Gasteiger partial charge in [0.05, 0.1) is 11.4 Å². The van der Waals surface area contributed by atoms with E-state index >= 15 is 0 Å². The molecule has 1 aromatic heterocycles. The first-order valence-corrected chi connectivity index (χ1v) is 12.6. The molecule has 1 heterocycles. The molecule has 0 aliphatic carbocycles. The lowest BCUT2D eigenvalue weighted by Gasteiger charge is -2.28. The van der Waals surface area contributed by atoms with Gasteiger partial charge in [0.2, 0.25) is 0 Å². The molecule has 0 spiro atoms. The molecule has 0 unspecified atom stereocenters. The predicted molar refractivity (Wildman–Crippen MR) is 142 cm³/mol. The van der Waals surface area contributed by atoms with Crippen molar-refractivity contribution in [3.05, 3.63) is 63.8 Å². The summed E-state index contributed by atoms with van der Waals surface area (Å²) in [4.78, 5) is 8.18. The van der Waals surface area contributed by atoms with Crippen molar-refractivity contribution >= 4 is 17.0 Å². The Labute approximate surface area is 203 Å². The van der Waals surface area contributed by atoms with Crippen LogP contribution in [-0.4, -0.2) is 35.2 Å². The standard InChI is InChI=1S/C28H39N3OS/c1-27(2,3)22-17-20(18-23(25(22)32)28(4,5)6)24-19-33-26(29-21-13-10-9-11-14-21)31(24)16-12-15-30(7)8/h9-11,13-14,17-19,32H,12,15-16H2,1-8H3. The summed E-state index contributed by atoms with van der Waals surface area (Å²) >= 11 is 1.68. The van der Waals surface area contributed by atoms with Crippen LogP contribution in [0.3, 0.4) is 0 Å². The van der Waals surface area contributed by atoms with Crippen LogP contribution in [0.15, 0.2) is 52.8 Å². The Morgan fingerprint density at radius 2 is 1.52 bits per heavy atom. The average Bonchev–Trinajstić information content (AvgIpc) is 3.09. The number of phenolic OH excluding ortho intramolecular Hbond substituents is 1. The number of aromatic nitrogens is 1. The quantitative estimate of drug-likeness (QED) is 0.440. The first-order chi connectivity index (χ1) is 15.4. The van der Waals surface area contributed by atoms with Crippen molar-refractivity contribution in [2.75, 3.05) is 20.6 Å². The number of hydrogen-bond donors (Lipinski definition) is 1. The number of thiazole rings is 1. The SMILES string of the molecule is CN(C)CCCn1c(-c2cc(C(C)(C)C)c(O)c(C(C)(C)C)c2)csc1=Nc1ccccc1. The second-order valence-electron chi connectivity index (χ2n) is 11.1. The van der Waals surface area contributed by atoms with E-state index in [1.165, 1.54) is 0 Å². The van der Waals surface area contributed by atoms with Crippen molar-refractivity contribution in [1.29, 1.82) is 0 Å². The minimum atomic E-state index is -0.164. The smallest absolute Gasteiger partial charge is 0.190 e. The Balaban J connectivity index is 2.22. The summed E-state index contributed by atoms with van der Waals surface area (Å²) in [6, 6.07) is 14.5. The third-order valence-corrected chi connectivity index (χ3v) is 6.65. The van der Waals surface area contributed by atoms with Crippen LogP contribution in [0.2, 0.25) is 0 Å². The second kappa shape index (κ2) is 9.86. The van der Waals surface area contributed by atoms with Gasteiger partial charge in [0.25, 0.3) is 0 Å². The Bertz CT molecular complexity index is 1110. The molecule has 0 saturated carbocycles. The van der Waals surface area contributed by atoms with E-state index < -0.39 is 0 Å². The van der Waals surface area contributed by atoms with E-state index in [2.05, 4.69) is 82.6 Å². The molecule has 0 bridgehead atoms. The van der Waals surface area contributed by atoms with Crippen LogP contribution in [0, 0.1) is 0 Å². The van der Waals surface area contributed by atoms with E-state index in [0.29, 0.717) is 5.75 Å². The Hall–Kier alpha value is -2.37. The highest BCUT2D eigenvalue weighted by atomic mass is 32.1. The van der Waals surface area contributed by atoms with Crippen LogP contribution < -0.4 is 4.80 Å². The Morgan fingerprint density at radius 1 is 0.939 bits per heavy atom. The lowest BCUT2D eigenvalue weighted by Crippen LogP contribution is -2.21. The molecule has 3 rings (SSSR count). The molecule has 0 aliphatic rings. The molecular weight excluding hydrogens is 426 g/mol. The highest BCUT2D eigenvalue weighted by molar-refractivity contribution is 7.07. The summed E-state index contributed by atoms with van der Waals surface area (Å²) in [6.07, 6.45) is 1.04. The number of nitrogens with zero attached hydrogens (tertiary/aromatic N) is 3. The monoisotopic (exact) mass is 465 g/mol. The molecule has 3 aromatic rings. The van der Waals surface area contributed by atoms with Gasteiger partial charge < -0.3 is 14.6 Å². The number of hydrogen-bond acceptors (Lipinski definition) is 4. The van der Waals surface area contributed by atoms with Crippen molar-refractivity contribution in [3.63, 3.8) is 0 Å². The van der Waals surface area contributed by atoms with Gasteiger partial charge in [-0.2, -0.15) is 0 Å². The maximum atomic E-state index is 11.2. The molecule has 0 radical (unpaired) electrons. The van der Waals surface area contributed by atoms with Gasteiger partial charge in [-0.15, -0.1) is 11.3 Å². The molecular formula is C28H39N3OS. The first-order valence-electron chi connectivity index (χ1n) is 11.7. The molecule has 2 aromatic carbocycles. The lowest BCUT2D eigenvalue weighted by atomic mass is 9.78. The van der Waals surface area contributed by atoms with Crippen molar-refractivity contribution in [2.45, 2.75) is 65.3 Å². The zero-order valence-electron chi connectivity index (χ0n) is 21.4. The van der Waals surface area contributed by atoms with E-state index in [9.17, 15) is 5.11 Å². The minimum Gasteiger partial charge on any atom is -0.507 e. The maximum Gasteiger partial charge on any atom is 0.190 e. The summed E-state index contributed by atoms with van der Waals surface area (Å²) in [5.41, 5.74) is 4.90. The summed E-state index contributed by atoms with van der Waals surface area (Å²) in [5, 5.41) is 13.4. The van der Waals surface area contributed by atoms with Crippen molar-refractivity contribution in [1.82, 2.24) is 9.47 Å². The predicted octanol–water partition coefficient (Wildman–Crippen LogP) is 6.70. The number of aromatic hydroxyl groups is 1. The zero-order chi connectivity index (χ0) is 24.4. The highest BCUT2D eigenvalue weighted by Crippen LogP contribution is 2.42. The van der Waals surface area contributed by atoms with E-state index in [1.807, 2.05) is 30.3 Å². The van der Waals surface area contributed by atoms with Gasteiger partial charge in [-0.25, -0.2) is 4.99 Å². The van der Waals surface area contributed by atoms with Crippen molar-refractivity contribution < 1.29 is 5.11 Å². The van der Waals surface area contributed by atoms with Crippen LogP contribution in [0.5, 0.6) is 5.75 Å². The highest BCUT2D eigenvalue weighted by Gasteiger charge is 2.27. The Morgan fingerprint density at radius 3 is 2.03 bits per heavy atom. The molecule has 0 amide bonds. The molecule has 1 N–H and O–H groups in total. The van der Waals surface area contributed by atoms with Crippen molar-refractivity contribution in [3.8, 4) is 17.0 Å². The summed E-state index contributed by atoms with van der Waals surface area (Å²) in [6.45, 7) is 14.9. The lowest BCUT2D eigenvalue weighted by molar-refractivity contribution is 0.386. The van der Waals surface area contributed by atoms with Gasteiger partial charge >= 0.3 is 0 Å². The molecule has 0 saturated heterocycles. The largest absolute Gasteiger partial charge is 0.507 e. The number of para-hydroxylation sites is 1. The minimum absolute atomic E-state index is 0.164. The van der Waals surface area contributed by atoms with Crippen LogP contribution in [0.1, 0.15) is 59.1 Å². The van der Waals surface area contributed by atoms with E-state index in [0.717, 1.165) is 52.4 Å². The summed E-state index contributed by atoms with van der Waals surface area (Å²) in [5.74, 6) is 0.419. The molecule has 4 nitrogen and oxygen atoms in total. The van der Waals surface area contributed by atoms with Crippen molar-refractivity contribution in [2.24, 2.45) is 4.99 Å². The molecule has 0 aliphatic heterocycles. The van der Waals surface area contributed by atoms with Crippen LogP contribution >= 0.6 is 11.3 Å². The third kappa shape index (κ3) is 6.15. The summed E-state index contributed by atoms with van der Waals surface area (Å²) in [7, 11) is 4.22. The number of benzene rings is 2. The normalized spacial score (nSPS) is 13.2. The topological polar surface area (TPSA) is 40.8 Å². The van der Waals surface area contributed by atoms with Crippen LogP contribution in [0.25, 0.3) is 11.3 Å². The average molecular weight is 466 g/mol. The van der Waals surface area contributed by atoms with E-state index in [4.69, 9.17) is 4.99 Å². The van der Waals surface area contributed by atoms with Gasteiger partial charge in [-0.05, 0) is 67.7 Å².